The molecule has 5 heteroatoms. The number of aromatic nitrogens is 1. The number of aromatic amines is 1. The number of carbonyl (C=O) groups is 1. The third-order valence-corrected chi connectivity index (χ3v) is 3.01. The fourth-order valence-electron chi connectivity index (χ4n) is 2.08. The Balaban J connectivity index is 2.46. The van der Waals surface area contributed by atoms with E-state index in [1.54, 1.807) is 0 Å². The number of hydrogen-bond acceptors (Lipinski definition) is 2. The van der Waals surface area contributed by atoms with Crippen molar-refractivity contribution in [3.63, 3.8) is 0 Å². The van der Waals surface area contributed by atoms with Crippen LogP contribution in [-0.2, 0) is 0 Å². The van der Waals surface area contributed by atoms with Crippen LogP contribution in [0.5, 0.6) is 0 Å². The van der Waals surface area contributed by atoms with Gasteiger partial charge in [0.15, 0.2) is 5.43 Å². The smallest absolute Gasteiger partial charge is 0.335 e. The van der Waals surface area contributed by atoms with E-state index in [2.05, 4.69) is 4.98 Å². The Kier molecular flexibility index (Phi) is 2.35. The Morgan fingerprint density at radius 3 is 2.58 bits per heavy atom. The van der Waals surface area contributed by atoms with Gasteiger partial charge in [-0.3, -0.25) is 4.79 Å². The molecule has 0 saturated heterocycles. The van der Waals surface area contributed by atoms with Gasteiger partial charge in [0.25, 0.3) is 0 Å². The van der Waals surface area contributed by atoms with Gasteiger partial charge in [-0.25, -0.2) is 9.18 Å². The van der Waals surface area contributed by atoms with Gasteiger partial charge in [-0.1, -0.05) is 0 Å². The van der Waals surface area contributed by atoms with E-state index in [0.717, 1.165) is 0 Å². The highest BCUT2D eigenvalue weighted by molar-refractivity contribution is 5.97. The molecular weight excluding hydrogens is 249 g/mol. The summed E-state index contributed by atoms with van der Waals surface area (Å²) >= 11 is 0. The number of carboxylic acid groups (broad SMARTS) is 1. The molecule has 2 aromatic carbocycles. The number of benzene rings is 2. The lowest BCUT2D eigenvalue weighted by atomic mass is 10.1. The van der Waals surface area contributed by atoms with Gasteiger partial charge in [-0.2, -0.15) is 0 Å². The normalized spacial score (nSPS) is 11.0. The van der Waals surface area contributed by atoms with Crippen LogP contribution in [0.3, 0.4) is 0 Å². The summed E-state index contributed by atoms with van der Waals surface area (Å²) in [5.74, 6) is -1.55. The van der Waals surface area contributed by atoms with Crippen molar-refractivity contribution in [1.82, 2.24) is 4.98 Å². The number of pyridine rings is 1. The molecule has 19 heavy (non-hydrogen) atoms. The van der Waals surface area contributed by atoms with Gasteiger partial charge in [0.2, 0.25) is 0 Å². The molecule has 0 aliphatic carbocycles. The molecule has 0 atom stereocenters. The lowest BCUT2D eigenvalue weighted by Gasteiger charge is -2.03. The van der Waals surface area contributed by atoms with Gasteiger partial charge >= 0.3 is 5.97 Å². The number of carboxylic acids is 1. The zero-order valence-electron chi connectivity index (χ0n) is 9.61. The number of halogens is 1. The summed E-state index contributed by atoms with van der Waals surface area (Å²) in [4.78, 5) is 26.0. The fraction of sp³-hybridized carbons (Fsp3) is 0. The van der Waals surface area contributed by atoms with Crippen LogP contribution < -0.4 is 5.43 Å². The standard InChI is InChI=1S/C14H8FNO3/c15-8-2-4-11-10(6-8)13(17)9-3-1-7(14(18)19)5-12(9)16-11/h1-6H,(H,16,17)(H,18,19). The van der Waals surface area contributed by atoms with E-state index in [0.29, 0.717) is 16.4 Å². The van der Waals surface area contributed by atoms with E-state index in [-0.39, 0.29) is 16.4 Å². The Morgan fingerprint density at radius 1 is 1.05 bits per heavy atom. The quantitative estimate of drug-likeness (QED) is 0.658. The maximum absolute atomic E-state index is 13.2. The molecule has 94 valence electrons. The highest BCUT2D eigenvalue weighted by Crippen LogP contribution is 2.17. The molecule has 1 heterocycles. The van der Waals surface area contributed by atoms with Crippen molar-refractivity contribution in [2.24, 2.45) is 0 Å². The molecule has 0 unspecified atom stereocenters. The number of H-pyrrole nitrogens is 1. The van der Waals surface area contributed by atoms with E-state index >= 15 is 0 Å². The van der Waals surface area contributed by atoms with Crippen molar-refractivity contribution in [3.8, 4) is 0 Å². The van der Waals surface area contributed by atoms with Gasteiger partial charge in [-0.15, -0.1) is 0 Å². The molecule has 4 nitrogen and oxygen atoms in total. The highest BCUT2D eigenvalue weighted by Gasteiger charge is 2.09. The molecule has 0 bridgehead atoms. The third-order valence-electron chi connectivity index (χ3n) is 3.01. The van der Waals surface area contributed by atoms with E-state index in [1.165, 1.54) is 36.4 Å². The first-order valence-electron chi connectivity index (χ1n) is 5.55. The summed E-state index contributed by atoms with van der Waals surface area (Å²) < 4.78 is 13.2. The minimum atomic E-state index is -1.07. The molecular formula is C14H8FNO3. The largest absolute Gasteiger partial charge is 0.478 e. The van der Waals surface area contributed by atoms with E-state index < -0.39 is 11.8 Å². The van der Waals surface area contributed by atoms with Gasteiger partial charge in [0.1, 0.15) is 5.82 Å². The van der Waals surface area contributed by atoms with Crippen LogP contribution in [0, 0.1) is 5.82 Å². The van der Waals surface area contributed by atoms with Crippen LogP contribution >= 0.6 is 0 Å². The van der Waals surface area contributed by atoms with Crippen molar-refractivity contribution in [2.75, 3.05) is 0 Å². The van der Waals surface area contributed by atoms with Gasteiger partial charge in [0, 0.05) is 16.3 Å². The second-order valence-electron chi connectivity index (χ2n) is 4.21. The number of aromatic carboxylic acids is 1. The second kappa shape index (κ2) is 3.91. The van der Waals surface area contributed by atoms with Gasteiger partial charge in [-0.05, 0) is 36.4 Å². The maximum atomic E-state index is 13.2. The molecule has 3 rings (SSSR count). The molecule has 1 aromatic heterocycles. The zero-order valence-corrected chi connectivity index (χ0v) is 9.61. The molecule has 0 saturated carbocycles. The van der Waals surface area contributed by atoms with Crippen LogP contribution in [0.1, 0.15) is 10.4 Å². The van der Waals surface area contributed by atoms with Crippen LogP contribution in [0.4, 0.5) is 4.39 Å². The summed E-state index contributed by atoms with van der Waals surface area (Å²) in [6.07, 6.45) is 0. The topological polar surface area (TPSA) is 70.2 Å². The summed E-state index contributed by atoms with van der Waals surface area (Å²) in [5, 5.41) is 9.50. The molecule has 0 radical (unpaired) electrons. The summed E-state index contributed by atoms with van der Waals surface area (Å²) in [5.41, 5.74) is 0.662. The van der Waals surface area contributed by atoms with Gasteiger partial charge < -0.3 is 10.1 Å². The zero-order chi connectivity index (χ0) is 13.6. The van der Waals surface area contributed by atoms with E-state index in [9.17, 15) is 14.0 Å². The molecule has 2 N–H and O–H groups in total. The predicted octanol–water partition coefficient (Wildman–Crippen LogP) is 2.52. The Bertz CT molecular complexity index is 883. The number of nitrogens with one attached hydrogen (secondary N) is 1. The molecule has 0 spiro atoms. The Hall–Kier alpha value is -2.69. The van der Waals surface area contributed by atoms with Crippen molar-refractivity contribution in [3.05, 3.63) is 58.0 Å². The minimum absolute atomic E-state index is 0.0876. The first-order chi connectivity index (χ1) is 9.06. The molecule has 0 fully saturated rings. The van der Waals surface area contributed by atoms with E-state index in [4.69, 9.17) is 5.11 Å². The van der Waals surface area contributed by atoms with Crippen molar-refractivity contribution >= 4 is 27.8 Å². The Morgan fingerprint density at radius 2 is 1.84 bits per heavy atom. The highest BCUT2D eigenvalue weighted by atomic mass is 19.1. The molecule has 0 aliphatic heterocycles. The number of rotatable bonds is 1. The van der Waals surface area contributed by atoms with Crippen LogP contribution in [-0.4, -0.2) is 16.1 Å². The fourth-order valence-corrected chi connectivity index (χ4v) is 2.08. The second-order valence-corrected chi connectivity index (χ2v) is 4.21. The summed E-state index contributed by atoms with van der Waals surface area (Å²) in [6.45, 7) is 0. The summed E-state index contributed by atoms with van der Waals surface area (Å²) in [6, 6.07) is 8.04. The third kappa shape index (κ3) is 1.76. The number of fused-ring (bicyclic) bond motifs is 2. The maximum Gasteiger partial charge on any atom is 0.335 e. The Labute approximate surface area is 106 Å². The van der Waals surface area contributed by atoms with Crippen LogP contribution in [0.2, 0.25) is 0 Å². The number of hydrogen-bond donors (Lipinski definition) is 2. The first kappa shape index (κ1) is 11.4. The summed E-state index contributed by atoms with van der Waals surface area (Å²) in [7, 11) is 0. The average Bonchev–Trinajstić information content (AvgIpc) is 2.39. The van der Waals surface area contributed by atoms with Crippen molar-refractivity contribution < 1.29 is 14.3 Å². The first-order valence-corrected chi connectivity index (χ1v) is 5.55. The minimum Gasteiger partial charge on any atom is -0.478 e. The molecule has 0 amide bonds. The molecule has 0 aliphatic rings. The van der Waals surface area contributed by atoms with Crippen LogP contribution in [0.15, 0.2) is 41.2 Å². The molecule has 3 aromatic rings. The monoisotopic (exact) mass is 257 g/mol. The van der Waals surface area contributed by atoms with E-state index in [1.807, 2.05) is 0 Å². The van der Waals surface area contributed by atoms with Crippen molar-refractivity contribution in [1.29, 1.82) is 0 Å². The van der Waals surface area contributed by atoms with Crippen molar-refractivity contribution in [2.45, 2.75) is 0 Å². The van der Waals surface area contributed by atoms with Crippen LogP contribution in [0.25, 0.3) is 21.8 Å². The van der Waals surface area contributed by atoms with Gasteiger partial charge in [0.05, 0.1) is 11.1 Å². The lowest BCUT2D eigenvalue weighted by Crippen LogP contribution is -2.06. The SMILES string of the molecule is O=C(O)c1ccc2c(=O)c3cc(F)ccc3[nH]c2c1. The predicted molar refractivity (Wildman–Crippen MR) is 69.0 cm³/mol. The average molecular weight is 257 g/mol. The lowest BCUT2D eigenvalue weighted by molar-refractivity contribution is 0.0697.